The molecule has 1 aromatic carbocycles. The SMILES string of the molecule is OCc1ccc(O[C@H]2O[C@@H](CO)[C@@H](O)[C@H](O)[C@@H]2O)cc1. The van der Waals surface area contributed by atoms with Crippen molar-refractivity contribution in [1.29, 1.82) is 0 Å². The molecule has 0 radical (unpaired) electrons. The van der Waals surface area contributed by atoms with Gasteiger partial charge in [0.25, 0.3) is 0 Å². The molecule has 0 aliphatic carbocycles. The standard InChI is InChI=1S/C13H18O7/c14-5-7-1-3-8(4-2-7)19-13-12(18)11(17)10(16)9(6-15)20-13/h1-4,9-18H,5-6H2/t9-,10+,11-,12-,13-/m0/s1. The Balaban J connectivity index is 2.06. The highest BCUT2D eigenvalue weighted by atomic mass is 16.7. The third-order valence-corrected chi connectivity index (χ3v) is 3.21. The van der Waals surface area contributed by atoms with Crippen molar-refractivity contribution in [3.63, 3.8) is 0 Å². The quantitative estimate of drug-likeness (QED) is 0.450. The van der Waals surface area contributed by atoms with E-state index in [1.54, 1.807) is 24.3 Å². The van der Waals surface area contributed by atoms with E-state index in [9.17, 15) is 15.3 Å². The Morgan fingerprint density at radius 3 is 2.15 bits per heavy atom. The highest BCUT2D eigenvalue weighted by Gasteiger charge is 2.44. The Labute approximate surface area is 115 Å². The van der Waals surface area contributed by atoms with Crippen LogP contribution in [0, 0.1) is 0 Å². The molecular formula is C13H18O7. The van der Waals surface area contributed by atoms with E-state index in [0.29, 0.717) is 11.3 Å². The molecule has 2 rings (SSSR count). The van der Waals surface area contributed by atoms with Crippen LogP contribution in [0.2, 0.25) is 0 Å². The van der Waals surface area contributed by atoms with Crippen molar-refractivity contribution in [1.82, 2.24) is 0 Å². The van der Waals surface area contributed by atoms with Gasteiger partial charge in [0.15, 0.2) is 0 Å². The summed E-state index contributed by atoms with van der Waals surface area (Å²) in [6.07, 6.45) is -6.53. The monoisotopic (exact) mass is 286 g/mol. The van der Waals surface area contributed by atoms with Gasteiger partial charge in [0.2, 0.25) is 6.29 Å². The number of aliphatic hydroxyl groups excluding tert-OH is 5. The fourth-order valence-corrected chi connectivity index (χ4v) is 1.97. The lowest BCUT2D eigenvalue weighted by Crippen LogP contribution is -2.60. The molecule has 0 spiro atoms. The largest absolute Gasteiger partial charge is 0.462 e. The van der Waals surface area contributed by atoms with Crippen molar-refractivity contribution in [2.45, 2.75) is 37.3 Å². The molecule has 0 aromatic heterocycles. The minimum atomic E-state index is -1.47. The Morgan fingerprint density at radius 1 is 0.950 bits per heavy atom. The van der Waals surface area contributed by atoms with Gasteiger partial charge >= 0.3 is 0 Å². The van der Waals surface area contributed by atoms with Crippen LogP contribution in [0.15, 0.2) is 24.3 Å². The normalized spacial score (nSPS) is 34.0. The first-order valence-corrected chi connectivity index (χ1v) is 6.23. The average molecular weight is 286 g/mol. The second kappa shape index (κ2) is 6.49. The maximum atomic E-state index is 9.80. The fraction of sp³-hybridized carbons (Fsp3) is 0.538. The van der Waals surface area contributed by atoms with Crippen LogP contribution in [-0.2, 0) is 11.3 Å². The molecule has 112 valence electrons. The topological polar surface area (TPSA) is 120 Å². The van der Waals surface area contributed by atoms with E-state index in [2.05, 4.69) is 0 Å². The predicted octanol–water partition coefficient (Wildman–Crippen LogP) is -1.64. The summed E-state index contributed by atoms with van der Waals surface area (Å²) in [7, 11) is 0. The Hall–Kier alpha value is -1.22. The van der Waals surface area contributed by atoms with Crippen molar-refractivity contribution in [2.24, 2.45) is 0 Å². The summed E-state index contributed by atoms with van der Waals surface area (Å²) in [6, 6.07) is 6.43. The molecule has 0 unspecified atom stereocenters. The molecule has 5 N–H and O–H groups in total. The van der Waals surface area contributed by atoms with Crippen LogP contribution in [-0.4, -0.2) is 62.8 Å². The van der Waals surface area contributed by atoms with E-state index < -0.39 is 37.3 Å². The average Bonchev–Trinajstić information content (AvgIpc) is 2.48. The van der Waals surface area contributed by atoms with Crippen LogP contribution >= 0.6 is 0 Å². The number of aliphatic hydroxyl groups is 5. The van der Waals surface area contributed by atoms with Crippen molar-refractivity contribution in [3.05, 3.63) is 29.8 Å². The third-order valence-electron chi connectivity index (χ3n) is 3.21. The zero-order valence-corrected chi connectivity index (χ0v) is 10.7. The first-order valence-electron chi connectivity index (χ1n) is 6.23. The second-order valence-electron chi connectivity index (χ2n) is 4.62. The molecule has 1 aliphatic heterocycles. The smallest absolute Gasteiger partial charge is 0.229 e. The van der Waals surface area contributed by atoms with E-state index in [-0.39, 0.29) is 6.61 Å². The maximum Gasteiger partial charge on any atom is 0.229 e. The highest BCUT2D eigenvalue weighted by molar-refractivity contribution is 5.27. The molecule has 7 heteroatoms. The summed E-state index contributed by atoms with van der Waals surface area (Å²) in [5, 5.41) is 47.0. The van der Waals surface area contributed by atoms with Gasteiger partial charge in [-0.15, -0.1) is 0 Å². The number of rotatable bonds is 4. The van der Waals surface area contributed by atoms with Gasteiger partial charge < -0.3 is 35.0 Å². The van der Waals surface area contributed by atoms with Crippen molar-refractivity contribution >= 4 is 0 Å². The van der Waals surface area contributed by atoms with Crippen LogP contribution in [0.5, 0.6) is 5.75 Å². The van der Waals surface area contributed by atoms with E-state index in [4.69, 9.17) is 19.7 Å². The molecule has 1 saturated heterocycles. The lowest BCUT2D eigenvalue weighted by Gasteiger charge is -2.39. The van der Waals surface area contributed by atoms with E-state index >= 15 is 0 Å². The maximum absolute atomic E-state index is 9.80. The van der Waals surface area contributed by atoms with Gasteiger partial charge in [0.1, 0.15) is 30.2 Å². The summed E-state index contributed by atoms with van der Waals surface area (Å²) in [5.74, 6) is 0.367. The van der Waals surface area contributed by atoms with Crippen LogP contribution in [0.4, 0.5) is 0 Å². The van der Waals surface area contributed by atoms with E-state index in [0.717, 1.165) is 0 Å². The molecule has 0 bridgehead atoms. The zero-order valence-electron chi connectivity index (χ0n) is 10.7. The van der Waals surface area contributed by atoms with Crippen molar-refractivity contribution in [2.75, 3.05) is 6.61 Å². The molecule has 7 nitrogen and oxygen atoms in total. The van der Waals surface area contributed by atoms with Gasteiger partial charge in [-0.3, -0.25) is 0 Å². The minimum absolute atomic E-state index is 0.0969. The summed E-state index contributed by atoms with van der Waals surface area (Å²) >= 11 is 0. The lowest BCUT2D eigenvalue weighted by atomic mass is 9.99. The molecule has 0 amide bonds. The molecule has 0 saturated carbocycles. The zero-order chi connectivity index (χ0) is 14.7. The molecule has 20 heavy (non-hydrogen) atoms. The Kier molecular flexibility index (Phi) is 4.92. The molecule has 5 atom stereocenters. The third kappa shape index (κ3) is 3.09. The minimum Gasteiger partial charge on any atom is -0.462 e. The van der Waals surface area contributed by atoms with E-state index in [1.165, 1.54) is 0 Å². The van der Waals surface area contributed by atoms with Gasteiger partial charge in [-0.25, -0.2) is 0 Å². The number of hydrogen-bond acceptors (Lipinski definition) is 7. The summed E-state index contributed by atoms with van der Waals surface area (Å²) < 4.78 is 10.6. The van der Waals surface area contributed by atoms with Gasteiger partial charge in [-0.05, 0) is 17.7 Å². The lowest BCUT2D eigenvalue weighted by molar-refractivity contribution is -0.277. The first-order chi connectivity index (χ1) is 9.56. The fourth-order valence-electron chi connectivity index (χ4n) is 1.97. The van der Waals surface area contributed by atoms with Gasteiger partial charge in [-0.1, -0.05) is 12.1 Å². The summed E-state index contributed by atoms with van der Waals surface area (Å²) in [5.41, 5.74) is 0.700. The second-order valence-corrected chi connectivity index (χ2v) is 4.62. The van der Waals surface area contributed by atoms with Gasteiger partial charge in [0, 0.05) is 0 Å². The molecule has 1 aliphatic rings. The Morgan fingerprint density at radius 2 is 1.60 bits per heavy atom. The molecule has 1 heterocycles. The molecule has 1 aromatic rings. The highest BCUT2D eigenvalue weighted by Crippen LogP contribution is 2.24. The van der Waals surface area contributed by atoms with Crippen LogP contribution < -0.4 is 4.74 Å². The van der Waals surface area contributed by atoms with Crippen LogP contribution in [0.1, 0.15) is 5.56 Å². The van der Waals surface area contributed by atoms with Crippen LogP contribution in [0.25, 0.3) is 0 Å². The summed E-state index contributed by atoms with van der Waals surface area (Å²) in [4.78, 5) is 0. The van der Waals surface area contributed by atoms with E-state index in [1.807, 2.05) is 0 Å². The summed E-state index contributed by atoms with van der Waals surface area (Å²) in [6.45, 7) is -0.603. The van der Waals surface area contributed by atoms with Crippen LogP contribution in [0.3, 0.4) is 0 Å². The first kappa shape index (κ1) is 15.2. The molecular weight excluding hydrogens is 268 g/mol. The number of hydrogen-bond donors (Lipinski definition) is 5. The number of ether oxygens (including phenoxy) is 2. The van der Waals surface area contributed by atoms with Crippen molar-refractivity contribution < 1.29 is 35.0 Å². The predicted molar refractivity (Wildman–Crippen MR) is 66.8 cm³/mol. The molecule has 1 fully saturated rings. The van der Waals surface area contributed by atoms with Gasteiger partial charge in [-0.2, -0.15) is 0 Å². The van der Waals surface area contributed by atoms with Gasteiger partial charge in [0.05, 0.1) is 13.2 Å². The number of benzene rings is 1. The Bertz CT molecular complexity index is 419. The van der Waals surface area contributed by atoms with Crippen molar-refractivity contribution in [3.8, 4) is 5.75 Å².